The molecule has 0 spiro atoms. The van der Waals surface area contributed by atoms with Gasteiger partial charge in [0.15, 0.2) is 0 Å². The number of nitrogens with one attached hydrogen (secondary N) is 1. The molecular weight excluding hydrogens is 495 g/mol. The highest BCUT2D eigenvalue weighted by Crippen LogP contribution is 2.34. The van der Waals surface area contributed by atoms with E-state index in [9.17, 15) is 22.8 Å². The number of hydrogen-bond donors (Lipinski definition) is 1. The van der Waals surface area contributed by atoms with Crippen LogP contribution in [0.3, 0.4) is 0 Å². The molecule has 38 heavy (non-hydrogen) atoms. The third kappa shape index (κ3) is 5.37. The lowest BCUT2D eigenvalue weighted by atomic mass is 9.82. The number of fused-ring (bicyclic) bond motifs is 2. The molecule has 1 saturated carbocycles. The van der Waals surface area contributed by atoms with E-state index in [0.717, 1.165) is 41.3 Å². The molecule has 0 atom stereocenters. The molecule has 2 aromatic heterocycles. The monoisotopic (exact) mass is 523 g/mol. The lowest BCUT2D eigenvalue weighted by Crippen LogP contribution is -2.33. The Morgan fingerprint density at radius 2 is 1.82 bits per heavy atom. The Morgan fingerprint density at radius 1 is 1.03 bits per heavy atom. The van der Waals surface area contributed by atoms with Gasteiger partial charge in [-0.1, -0.05) is 12.1 Å². The lowest BCUT2D eigenvalue weighted by molar-refractivity contribution is -0.146. The number of rotatable bonds is 6. The van der Waals surface area contributed by atoms with Gasteiger partial charge in [0, 0.05) is 42.5 Å². The Labute approximate surface area is 217 Å². The summed E-state index contributed by atoms with van der Waals surface area (Å²) in [5.41, 5.74) is 0.548. The Morgan fingerprint density at radius 3 is 2.55 bits per heavy atom. The first-order chi connectivity index (χ1) is 18.2. The Bertz CT molecular complexity index is 1490. The second-order valence-corrected chi connectivity index (χ2v) is 9.91. The van der Waals surface area contributed by atoms with Crippen LogP contribution < -0.4 is 5.32 Å². The number of benzene rings is 2. The highest BCUT2D eigenvalue weighted by molar-refractivity contribution is 6.06. The molecule has 2 aromatic carbocycles. The number of carbonyl (C=O) groups is 2. The van der Waals surface area contributed by atoms with E-state index < -0.39 is 17.6 Å². The summed E-state index contributed by atoms with van der Waals surface area (Å²) in [6.07, 6.45) is 3.44. The van der Waals surface area contributed by atoms with Crippen LogP contribution in [0.5, 0.6) is 0 Å². The van der Waals surface area contributed by atoms with Crippen molar-refractivity contribution in [2.45, 2.75) is 38.4 Å². The van der Waals surface area contributed by atoms with Gasteiger partial charge in [0.2, 0.25) is 0 Å². The van der Waals surface area contributed by atoms with E-state index in [1.165, 1.54) is 7.11 Å². The second-order valence-electron chi connectivity index (χ2n) is 9.91. The summed E-state index contributed by atoms with van der Waals surface area (Å²) < 4.78 is 47.7. The number of methoxy groups -OCH3 is 1. The smallest absolute Gasteiger partial charge is 0.416 e. The van der Waals surface area contributed by atoms with Gasteiger partial charge in [-0.2, -0.15) is 13.2 Å². The van der Waals surface area contributed by atoms with E-state index in [0.29, 0.717) is 36.8 Å². The van der Waals surface area contributed by atoms with Crippen molar-refractivity contribution in [1.29, 1.82) is 0 Å². The largest absolute Gasteiger partial charge is 0.469 e. The summed E-state index contributed by atoms with van der Waals surface area (Å²) in [6, 6.07) is 11.5. The molecule has 0 bridgehead atoms. The van der Waals surface area contributed by atoms with Gasteiger partial charge in [-0.15, -0.1) is 0 Å². The molecular formula is C29H28F3N3O3. The van der Waals surface area contributed by atoms with Crippen molar-refractivity contribution < 1.29 is 27.5 Å². The molecule has 2 heterocycles. The summed E-state index contributed by atoms with van der Waals surface area (Å²) in [5.74, 6) is -0.742. The van der Waals surface area contributed by atoms with Crippen molar-refractivity contribution >= 4 is 33.6 Å². The molecule has 5 rings (SSSR count). The Kier molecular flexibility index (Phi) is 7.10. The van der Waals surface area contributed by atoms with Crippen LogP contribution in [0.1, 0.15) is 47.2 Å². The molecule has 1 N–H and O–H groups in total. The standard InChI is InChI=1S/C29H28F3N3O3/c1-38-28(37)20-5-2-18(3-6-20)15-34-27(36)25-14-24(29(30,31)32)13-22-9-11-35(26(22)25)17-19-4-7-23-16-33-10-8-21(23)12-19/h4,7-14,16,18,20H,2-3,5-6,15,17H2,1H3,(H,34,36). The molecule has 1 amide bonds. The zero-order valence-electron chi connectivity index (χ0n) is 20.9. The topological polar surface area (TPSA) is 73.2 Å². The van der Waals surface area contributed by atoms with Crippen molar-refractivity contribution in [2.24, 2.45) is 11.8 Å². The number of amides is 1. The Balaban J connectivity index is 1.40. The van der Waals surface area contributed by atoms with Gasteiger partial charge in [0.1, 0.15) is 0 Å². The molecule has 0 radical (unpaired) electrons. The maximum Gasteiger partial charge on any atom is 0.416 e. The molecule has 0 unspecified atom stereocenters. The summed E-state index contributed by atoms with van der Waals surface area (Å²) in [6.45, 7) is 0.731. The van der Waals surface area contributed by atoms with Crippen LogP contribution in [0.4, 0.5) is 13.2 Å². The van der Waals surface area contributed by atoms with E-state index in [1.54, 1.807) is 24.7 Å². The second kappa shape index (κ2) is 10.5. The fourth-order valence-electron chi connectivity index (χ4n) is 5.35. The van der Waals surface area contributed by atoms with Gasteiger partial charge in [0.05, 0.1) is 29.7 Å². The summed E-state index contributed by atoms with van der Waals surface area (Å²) in [5, 5.41) is 5.21. The highest BCUT2D eigenvalue weighted by Gasteiger charge is 2.33. The number of carbonyl (C=O) groups excluding carboxylic acids is 2. The zero-order chi connectivity index (χ0) is 26.9. The van der Waals surface area contributed by atoms with E-state index in [1.807, 2.05) is 28.8 Å². The first-order valence-electron chi connectivity index (χ1n) is 12.6. The van der Waals surface area contributed by atoms with Crippen LogP contribution in [0.2, 0.25) is 0 Å². The lowest BCUT2D eigenvalue weighted by Gasteiger charge is -2.27. The Hall–Kier alpha value is -3.88. The van der Waals surface area contributed by atoms with Crippen molar-refractivity contribution in [3.63, 3.8) is 0 Å². The highest BCUT2D eigenvalue weighted by atomic mass is 19.4. The van der Waals surface area contributed by atoms with E-state index in [-0.39, 0.29) is 23.4 Å². The van der Waals surface area contributed by atoms with Crippen LogP contribution in [0, 0.1) is 11.8 Å². The van der Waals surface area contributed by atoms with Crippen molar-refractivity contribution in [3.05, 3.63) is 77.7 Å². The summed E-state index contributed by atoms with van der Waals surface area (Å²) >= 11 is 0. The van der Waals surface area contributed by atoms with Gasteiger partial charge >= 0.3 is 12.1 Å². The number of aromatic nitrogens is 2. The van der Waals surface area contributed by atoms with Crippen molar-refractivity contribution in [2.75, 3.05) is 13.7 Å². The quantitative estimate of drug-likeness (QED) is 0.316. The minimum atomic E-state index is -4.58. The number of hydrogen-bond acceptors (Lipinski definition) is 4. The van der Waals surface area contributed by atoms with Crippen molar-refractivity contribution in [3.8, 4) is 0 Å². The van der Waals surface area contributed by atoms with Crippen LogP contribution in [-0.4, -0.2) is 35.1 Å². The molecule has 0 aliphatic heterocycles. The fourth-order valence-corrected chi connectivity index (χ4v) is 5.35. The van der Waals surface area contributed by atoms with Gasteiger partial charge in [-0.25, -0.2) is 0 Å². The van der Waals surface area contributed by atoms with Gasteiger partial charge < -0.3 is 14.6 Å². The maximum atomic E-state index is 13.7. The van der Waals surface area contributed by atoms with Gasteiger partial charge in [-0.05, 0) is 72.9 Å². The zero-order valence-corrected chi connectivity index (χ0v) is 20.9. The molecule has 1 fully saturated rings. The molecule has 198 valence electrons. The minimum Gasteiger partial charge on any atom is -0.469 e. The SMILES string of the molecule is COC(=O)C1CCC(CNC(=O)c2cc(C(F)(F)F)cc3ccn(Cc4ccc5cnccc5c4)c23)CC1. The van der Waals surface area contributed by atoms with E-state index >= 15 is 0 Å². The predicted octanol–water partition coefficient (Wildman–Crippen LogP) is 5.97. The molecule has 1 aliphatic rings. The van der Waals surface area contributed by atoms with E-state index in [2.05, 4.69) is 10.3 Å². The number of nitrogens with zero attached hydrogens (tertiary/aromatic N) is 2. The average Bonchev–Trinajstić information content (AvgIpc) is 3.33. The van der Waals surface area contributed by atoms with Crippen LogP contribution >= 0.6 is 0 Å². The fraction of sp³-hybridized carbons (Fsp3) is 0.345. The number of halogens is 3. The molecule has 1 aliphatic carbocycles. The third-order valence-corrected chi connectivity index (χ3v) is 7.42. The molecule has 6 nitrogen and oxygen atoms in total. The first-order valence-corrected chi connectivity index (χ1v) is 12.6. The van der Waals surface area contributed by atoms with Gasteiger partial charge in [-0.3, -0.25) is 14.6 Å². The first kappa shape index (κ1) is 25.8. The molecule has 9 heteroatoms. The average molecular weight is 524 g/mol. The van der Waals surface area contributed by atoms with Crippen LogP contribution in [0.25, 0.3) is 21.7 Å². The maximum absolute atomic E-state index is 13.7. The third-order valence-electron chi connectivity index (χ3n) is 7.42. The van der Waals surface area contributed by atoms with Crippen LogP contribution in [-0.2, 0) is 22.3 Å². The molecule has 0 saturated heterocycles. The number of pyridine rings is 1. The minimum absolute atomic E-state index is 0.00643. The van der Waals surface area contributed by atoms with Crippen molar-refractivity contribution in [1.82, 2.24) is 14.9 Å². The number of alkyl halides is 3. The summed E-state index contributed by atoms with van der Waals surface area (Å²) in [4.78, 5) is 29.2. The normalized spacial score (nSPS) is 18.0. The molecule has 4 aromatic rings. The number of ether oxygens (including phenoxy) is 1. The van der Waals surface area contributed by atoms with E-state index in [4.69, 9.17) is 4.74 Å². The van der Waals surface area contributed by atoms with Crippen LogP contribution in [0.15, 0.2) is 61.1 Å². The number of esters is 1. The predicted molar refractivity (Wildman–Crippen MR) is 138 cm³/mol. The summed E-state index contributed by atoms with van der Waals surface area (Å²) in [7, 11) is 1.37. The van der Waals surface area contributed by atoms with Gasteiger partial charge in [0.25, 0.3) is 5.91 Å².